The van der Waals surface area contributed by atoms with Crippen LogP contribution in [0.25, 0.3) is 11.6 Å². The molecule has 100 valence electrons. The SMILES string of the molecule is O=C1Nc2cc(F)c(F)cc2/C1=C\c1ccccc1F. The van der Waals surface area contributed by atoms with Gasteiger partial charge in [-0.1, -0.05) is 18.2 Å². The topological polar surface area (TPSA) is 29.1 Å². The molecule has 5 heteroatoms. The van der Waals surface area contributed by atoms with Gasteiger partial charge in [-0.15, -0.1) is 0 Å². The number of anilines is 1. The Balaban J connectivity index is 2.15. The summed E-state index contributed by atoms with van der Waals surface area (Å²) in [4.78, 5) is 11.8. The summed E-state index contributed by atoms with van der Waals surface area (Å²) in [5.74, 6) is -3.12. The van der Waals surface area contributed by atoms with Crippen LogP contribution in [-0.4, -0.2) is 5.91 Å². The van der Waals surface area contributed by atoms with Gasteiger partial charge in [0.2, 0.25) is 0 Å². The molecule has 0 bridgehead atoms. The second kappa shape index (κ2) is 4.52. The van der Waals surface area contributed by atoms with E-state index in [0.29, 0.717) is 0 Å². The van der Waals surface area contributed by atoms with Crippen LogP contribution in [0.1, 0.15) is 11.1 Å². The fourth-order valence-electron chi connectivity index (χ4n) is 2.08. The number of carbonyl (C=O) groups excluding carboxylic acids is 1. The van der Waals surface area contributed by atoms with Crippen molar-refractivity contribution in [2.75, 3.05) is 5.32 Å². The van der Waals surface area contributed by atoms with Crippen LogP contribution in [0.3, 0.4) is 0 Å². The van der Waals surface area contributed by atoms with Crippen molar-refractivity contribution in [3.05, 3.63) is 65.0 Å². The zero-order valence-corrected chi connectivity index (χ0v) is 10.1. The van der Waals surface area contributed by atoms with Gasteiger partial charge >= 0.3 is 0 Å². The summed E-state index contributed by atoms with van der Waals surface area (Å²) in [6.45, 7) is 0. The minimum Gasteiger partial charge on any atom is -0.321 e. The monoisotopic (exact) mass is 275 g/mol. The molecule has 0 saturated carbocycles. The van der Waals surface area contributed by atoms with Gasteiger partial charge in [0, 0.05) is 22.8 Å². The molecule has 20 heavy (non-hydrogen) atoms. The highest BCUT2D eigenvalue weighted by Crippen LogP contribution is 2.34. The first-order valence-corrected chi connectivity index (χ1v) is 5.83. The van der Waals surface area contributed by atoms with E-state index in [-0.39, 0.29) is 22.4 Å². The fraction of sp³-hybridized carbons (Fsp3) is 0. The largest absolute Gasteiger partial charge is 0.321 e. The van der Waals surface area contributed by atoms with Crippen molar-refractivity contribution in [2.45, 2.75) is 0 Å². The summed E-state index contributed by atoms with van der Waals surface area (Å²) >= 11 is 0. The molecule has 0 atom stereocenters. The van der Waals surface area contributed by atoms with Crippen molar-refractivity contribution in [3.8, 4) is 0 Å². The number of hydrogen-bond acceptors (Lipinski definition) is 1. The lowest BCUT2D eigenvalue weighted by atomic mass is 10.0. The number of halogens is 3. The van der Waals surface area contributed by atoms with E-state index < -0.39 is 23.4 Å². The molecule has 2 nitrogen and oxygen atoms in total. The molecule has 3 rings (SSSR count). The Hall–Kier alpha value is -2.56. The summed E-state index contributed by atoms with van der Waals surface area (Å²) in [5.41, 5.74) is 0.702. The van der Waals surface area contributed by atoms with Gasteiger partial charge in [-0.25, -0.2) is 13.2 Å². The van der Waals surface area contributed by atoms with Crippen molar-refractivity contribution in [3.63, 3.8) is 0 Å². The van der Waals surface area contributed by atoms with Crippen LogP contribution in [0.15, 0.2) is 36.4 Å². The van der Waals surface area contributed by atoms with Crippen LogP contribution in [0.4, 0.5) is 18.9 Å². The average Bonchev–Trinajstić information content (AvgIpc) is 2.69. The van der Waals surface area contributed by atoms with Gasteiger partial charge in [0.1, 0.15) is 5.82 Å². The van der Waals surface area contributed by atoms with Crippen molar-refractivity contribution in [1.29, 1.82) is 0 Å². The Morgan fingerprint density at radius 3 is 2.40 bits per heavy atom. The summed E-state index contributed by atoms with van der Waals surface area (Å²) < 4.78 is 40.0. The number of amides is 1. The maximum absolute atomic E-state index is 13.6. The lowest BCUT2D eigenvalue weighted by molar-refractivity contribution is -0.110. The highest BCUT2D eigenvalue weighted by Gasteiger charge is 2.26. The molecular weight excluding hydrogens is 267 g/mol. The molecule has 1 aliphatic rings. The molecule has 0 saturated heterocycles. The quantitative estimate of drug-likeness (QED) is 0.792. The Morgan fingerprint density at radius 1 is 0.950 bits per heavy atom. The van der Waals surface area contributed by atoms with Crippen LogP contribution in [0, 0.1) is 17.5 Å². The molecule has 2 aromatic carbocycles. The molecule has 0 aliphatic carbocycles. The molecule has 0 fully saturated rings. The molecule has 1 heterocycles. The van der Waals surface area contributed by atoms with E-state index >= 15 is 0 Å². The fourth-order valence-corrected chi connectivity index (χ4v) is 2.08. The van der Waals surface area contributed by atoms with Crippen molar-refractivity contribution in [2.24, 2.45) is 0 Å². The van der Waals surface area contributed by atoms with Gasteiger partial charge in [-0.2, -0.15) is 0 Å². The zero-order valence-electron chi connectivity index (χ0n) is 10.1. The molecule has 0 unspecified atom stereocenters. The lowest BCUT2D eigenvalue weighted by Gasteiger charge is -2.01. The third-order valence-corrected chi connectivity index (χ3v) is 3.05. The standard InChI is InChI=1S/C15H8F3NO/c16-11-4-2-1-3-8(11)5-10-9-6-12(17)13(18)7-14(9)19-15(10)20/h1-7H,(H,19,20)/b10-5+. The van der Waals surface area contributed by atoms with E-state index in [4.69, 9.17) is 0 Å². The molecule has 0 aromatic heterocycles. The Labute approximate surface area is 112 Å². The second-order valence-corrected chi connectivity index (χ2v) is 4.35. The molecule has 1 N–H and O–H groups in total. The Kier molecular flexibility index (Phi) is 2.82. The van der Waals surface area contributed by atoms with E-state index in [1.165, 1.54) is 24.3 Å². The minimum absolute atomic E-state index is 0.101. The van der Waals surface area contributed by atoms with Crippen LogP contribution in [0.2, 0.25) is 0 Å². The molecule has 0 radical (unpaired) electrons. The van der Waals surface area contributed by atoms with E-state index in [1.807, 2.05) is 0 Å². The van der Waals surface area contributed by atoms with Crippen molar-refractivity contribution in [1.82, 2.24) is 0 Å². The maximum Gasteiger partial charge on any atom is 0.256 e. The van der Waals surface area contributed by atoms with Crippen molar-refractivity contribution >= 4 is 23.2 Å². The number of hydrogen-bond donors (Lipinski definition) is 1. The predicted molar refractivity (Wildman–Crippen MR) is 69.3 cm³/mol. The number of rotatable bonds is 1. The molecular formula is C15H8F3NO. The highest BCUT2D eigenvalue weighted by atomic mass is 19.2. The van der Waals surface area contributed by atoms with E-state index in [1.54, 1.807) is 6.07 Å². The molecule has 2 aromatic rings. The second-order valence-electron chi connectivity index (χ2n) is 4.35. The van der Waals surface area contributed by atoms with Crippen LogP contribution < -0.4 is 5.32 Å². The number of nitrogens with one attached hydrogen (secondary N) is 1. The molecule has 1 aliphatic heterocycles. The zero-order chi connectivity index (χ0) is 14.3. The lowest BCUT2D eigenvalue weighted by Crippen LogP contribution is -2.03. The number of fused-ring (bicyclic) bond motifs is 1. The van der Waals surface area contributed by atoms with E-state index in [9.17, 15) is 18.0 Å². The van der Waals surface area contributed by atoms with Crippen molar-refractivity contribution < 1.29 is 18.0 Å². The van der Waals surface area contributed by atoms with Gasteiger partial charge in [0.15, 0.2) is 11.6 Å². The van der Waals surface area contributed by atoms with Crippen LogP contribution >= 0.6 is 0 Å². The van der Waals surface area contributed by atoms with Gasteiger partial charge in [0.05, 0.1) is 5.69 Å². The van der Waals surface area contributed by atoms with Gasteiger partial charge in [0.25, 0.3) is 5.91 Å². The smallest absolute Gasteiger partial charge is 0.256 e. The highest BCUT2D eigenvalue weighted by molar-refractivity contribution is 6.34. The summed E-state index contributed by atoms with van der Waals surface area (Å²) in [5, 5.41) is 2.42. The van der Waals surface area contributed by atoms with Crippen LogP contribution in [-0.2, 0) is 4.79 Å². The average molecular weight is 275 g/mol. The van der Waals surface area contributed by atoms with Crippen LogP contribution in [0.5, 0.6) is 0 Å². The van der Waals surface area contributed by atoms with Gasteiger partial charge in [-0.05, 0) is 18.2 Å². The summed E-state index contributed by atoms with van der Waals surface area (Å²) in [7, 11) is 0. The van der Waals surface area contributed by atoms with E-state index in [0.717, 1.165) is 12.1 Å². The first kappa shape index (κ1) is 12.5. The maximum atomic E-state index is 13.6. The Bertz CT molecular complexity index is 753. The number of carbonyl (C=O) groups is 1. The third kappa shape index (κ3) is 1.97. The predicted octanol–water partition coefficient (Wildman–Crippen LogP) is 3.60. The Morgan fingerprint density at radius 2 is 1.65 bits per heavy atom. The summed E-state index contributed by atoms with van der Waals surface area (Å²) in [6, 6.07) is 7.72. The van der Waals surface area contributed by atoms with Gasteiger partial charge < -0.3 is 5.32 Å². The molecule has 1 amide bonds. The van der Waals surface area contributed by atoms with E-state index in [2.05, 4.69) is 5.32 Å². The summed E-state index contributed by atoms with van der Waals surface area (Å²) in [6.07, 6.45) is 1.31. The number of benzene rings is 2. The first-order valence-electron chi connectivity index (χ1n) is 5.83. The minimum atomic E-state index is -1.06. The normalized spacial score (nSPS) is 15.3. The molecule has 0 spiro atoms. The first-order chi connectivity index (χ1) is 9.56. The third-order valence-electron chi connectivity index (χ3n) is 3.05. The van der Waals surface area contributed by atoms with Gasteiger partial charge in [-0.3, -0.25) is 4.79 Å².